The number of nitrogens with one attached hydrogen (secondary N) is 1. The van der Waals surface area contributed by atoms with E-state index in [9.17, 15) is 4.79 Å². The summed E-state index contributed by atoms with van der Waals surface area (Å²) < 4.78 is 4.67. The highest BCUT2D eigenvalue weighted by Crippen LogP contribution is 2.25. The van der Waals surface area contributed by atoms with Crippen molar-refractivity contribution in [3.05, 3.63) is 30.3 Å². The lowest BCUT2D eigenvalue weighted by Crippen LogP contribution is -2.40. The van der Waals surface area contributed by atoms with Crippen molar-refractivity contribution >= 4 is 23.7 Å². The number of esters is 1. The van der Waals surface area contributed by atoms with Gasteiger partial charge in [-0.1, -0.05) is 24.6 Å². The van der Waals surface area contributed by atoms with Crippen molar-refractivity contribution in [2.45, 2.75) is 43.9 Å². The molecular weight excluding hydrogens is 358 g/mol. The number of ether oxygens (including phenoxy) is 1. The number of unbranched alkanes of at least 4 members (excludes halogenated alkanes) is 2. The Kier molecular flexibility index (Phi) is 10.1. The Balaban J connectivity index is 1.71. The maximum Gasteiger partial charge on any atom is 0.305 e. The zero-order valence-corrected chi connectivity index (χ0v) is 17.5. The zero-order valence-electron chi connectivity index (χ0n) is 16.7. The number of rotatable bonds is 10. The van der Waals surface area contributed by atoms with Crippen molar-refractivity contribution in [2.24, 2.45) is 10.9 Å². The third-order valence-corrected chi connectivity index (χ3v) is 5.92. The van der Waals surface area contributed by atoms with Gasteiger partial charge in [0.25, 0.3) is 0 Å². The van der Waals surface area contributed by atoms with E-state index in [1.807, 2.05) is 11.8 Å². The lowest BCUT2D eigenvalue weighted by Gasteiger charge is -2.21. The molecule has 1 aromatic rings. The molecule has 6 heteroatoms. The SMILES string of the molecule is CCNC(=NCCCCCC(=O)OC)N1CCC(CSc2ccccc2)C1. The molecule has 0 aliphatic carbocycles. The minimum absolute atomic E-state index is 0.122. The number of hydrogen-bond acceptors (Lipinski definition) is 4. The second-order valence-corrected chi connectivity index (χ2v) is 7.94. The number of likely N-dealkylation sites (tertiary alicyclic amines) is 1. The number of thioether (sulfide) groups is 1. The molecule has 1 heterocycles. The first-order chi connectivity index (χ1) is 13.2. The molecule has 1 atom stereocenters. The molecule has 5 nitrogen and oxygen atoms in total. The summed E-state index contributed by atoms with van der Waals surface area (Å²) in [5.41, 5.74) is 0. The predicted molar refractivity (Wildman–Crippen MR) is 113 cm³/mol. The highest BCUT2D eigenvalue weighted by atomic mass is 32.2. The van der Waals surface area contributed by atoms with Crippen molar-refractivity contribution in [1.29, 1.82) is 0 Å². The Labute approximate surface area is 168 Å². The molecule has 1 aliphatic rings. The van der Waals surface area contributed by atoms with Crippen LogP contribution < -0.4 is 5.32 Å². The predicted octanol–water partition coefficient (Wildman–Crippen LogP) is 3.80. The van der Waals surface area contributed by atoms with Crippen LogP contribution in [0.5, 0.6) is 0 Å². The first kappa shape index (κ1) is 21.6. The summed E-state index contributed by atoms with van der Waals surface area (Å²) in [4.78, 5) is 19.7. The maximum atomic E-state index is 11.1. The molecule has 2 rings (SSSR count). The molecule has 0 radical (unpaired) electrons. The Morgan fingerprint density at radius 1 is 1.30 bits per heavy atom. The molecule has 1 N–H and O–H groups in total. The second-order valence-electron chi connectivity index (χ2n) is 6.85. The van der Waals surface area contributed by atoms with Crippen LogP contribution in [0.2, 0.25) is 0 Å². The van der Waals surface area contributed by atoms with Crippen LogP contribution in [0.15, 0.2) is 40.2 Å². The molecule has 0 amide bonds. The van der Waals surface area contributed by atoms with Crippen molar-refractivity contribution in [1.82, 2.24) is 10.2 Å². The second kappa shape index (κ2) is 12.7. The molecule has 150 valence electrons. The number of carbonyl (C=O) groups is 1. The van der Waals surface area contributed by atoms with E-state index >= 15 is 0 Å². The van der Waals surface area contributed by atoms with Gasteiger partial charge in [0.15, 0.2) is 5.96 Å². The van der Waals surface area contributed by atoms with Crippen LogP contribution >= 0.6 is 11.8 Å². The van der Waals surface area contributed by atoms with Gasteiger partial charge in [-0.25, -0.2) is 0 Å². The van der Waals surface area contributed by atoms with Gasteiger partial charge in [-0.05, 0) is 44.2 Å². The third-order valence-electron chi connectivity index (χ3n) is 4.68. The van der Waals surface area contributed by atoms with Crippen LogP contribution in [0.25, 0.3) is 0 Å². The monoisotopic (exact) mass is 391 g/mol. The van der Waals surface area contributed by atoms with Crippen LogP contribution in [0.3, 0.4) is 0 Å². The number of hydrogen-bond donors (Lipinski definition) is 1. The first-order valence-corrected chi connectivity index (χ1v) is 11.0. The van der Waals surface area contributed by atoms with Gasteiger partial charge in [0.1, 0.15) is 0 Å². The molecule has 1 saturated heterocycles. The third kappa shape index (κ3) is 8.24. The number of aliphatic imine (C=N–C) groups is 1. The lowest BCUT2D eigenvalue weighted by atomic mass is 10.2. The largest absolute Gasteiger partial charge is 0.469 e. The summed E-state index contributed by atoms with van der Waals surface area (Å²) in [5.74, 6) is 2.79. The van der Waals surface area contributed by atoms with E-state index in [1.54, 1.807) is 0 Å². The molecule has 1 aromatic carbocycles. The molecular formula is C21H33N3O2S. The lowest BCUT2D eigenvalue weighted by molar-refractivity contribution is -0.140. The Hall–Kier alpha value is -1.69. The van der Waals surface area contributed by atoms with Crippen molar-refractivity contribution < 1.29 is 9.53 Å². The summed E-state index contributed by atoms with van der Waals surface area (Å²) in [5, 5.41) is 3.43. The Morgan fingerprint density at radius 3 is 2.85 bits per heavy atom. The van der Waals surface area contributed by atoms with E-state index in [4.69, 9.17) is 4.99 Å². The fraction of sp³-hybridized carbons (Fsp3) is 0.619. The van der Waals surface area contributed by atoms with E-state index in [2.05, 4.69) is 52.2 Å². The summed E-state index contributed by atoms with van der Waals surface area (Å²) >= 11 is 1.95. The highest BCUT2D eigenvalue weighted by molar-refractivity contribution is 7.99. The fourth-order valence-corrected chi connectivity index (χ4v) is 4.21. The van der Waals surface area contributed by atoms with Crippen molar-refractivity contribution in [3.63, 3.8) is 0 Å². The minimum atomic E-state index is -0.122. The van der Waals surface area contributed by atoms with Crippen LogP contribution in [0.4, 0.5) is 0 Å². The summed E-state index contributed by atoms with van der Waals surface area (Å²) in [7, 11) is 1.44. The van der Waals surface area contributed by atoms with E-state index in [-0.39, 0.29) is 5.97 Å². The zero-order chi connectivity index (χ0) is 19.3. The van der Waals surface area contributed by atoms with E-state index in [0.717, 1.165) is 57.2 Å². The van der Waals surface area contributed by atoms with Gasteiger partial charge in [-0.3, -0.25) is 9.79 Å². The topological polar surface area (TPSA) is 53.9 Å². The molecule has 1 aliphatic heterocycles. The maximum absolute atomic E-state index is 11.1. The molecule has 1 fully saturated rings. The summed E-state index contributed by atoms with van der Waals surface area (Å²) in [6, 6.07) is 10.6. The van der Waals surface area contributed by atoms with Gasteiger partial charge in [0, 0.05) is 43.2 Å². The standard InChI is InChI=1S/C21H33N3O2S/c1-3-22-21(23-14-9-5-8-12-20(25)26-2)24-15-13-18(16-24)17-27-19-10-6-4-7-11-19/h4,6-7,10-11,18H,3,5,8-9,12-17H2,1-2H3,(H,22,23). The average molecular weight is 392 g/mol. The molecule has 0 spiro atoms. The van der Waals surface area contributed by atoms with Crippen LogP contribution in [-0.2, 0) is 9.53 Å². The Bertz CT molecular complexity index is 580. The number of methoxy groups -OCH3 is 1. The minimum Gasteiger partial charge on any atom is -0.469 e. The van der Waals surface area contributed by atoms with E-state index in [1.165, 1.54) is 18.4 Å². The smallest absolute Gasteiger partial charge is 0.305 e. The van der Waals surface area contributed by atoms with Crippen molar-refractivity contribution in [3.8, 4) is 0 Å². The number of guanidine groups is 1. The number of nitrogens with zero attached hydrogens (tertiary/aromatic N) is 2. The number of benzene rings is 1. The molecule has 27 heavy (non-hydrogen) atoms. The van der Waals surface area contributed by atoms with Crippen LogP contribution in [-0.4, -0.2) is 55.9 Å². The number of carbonyl (C=O) groups excluding carboxylic acids is 1. The molecule has 0 bridgehead atoms. The first-order valence-electron chi connectivity index (χ1n) is 10.0. The van der Waals surface area contributed by atoms with Gasteiger partial charge in [0.05, 0.1) is 7.11 Å². The van der Waals surface area contributed by atoms with Gasteiger partial charge in [-0.2, -0.15) is 0 Å². The molecule has 0 aromatic heterocycles. The van der Waals surface area contributed by atoms with Crippen LogP contribution in [0.1, 0.15) is 39.0 Å². The summed E-state index contributed by atoms with van der Waals surface area (Å²) in [6.45, 7) is 5.97. The van der Waals surface area contributed by atoms with Crippen LogP contribution in [0, 0.1) is 5.92 Å². The fourth-order valence-electron chi connectivity index (χ4n) is 3.16. The van der Waals surface area contributed by atoms with Gasteiger partial charge in [0.2, 0.25) is 0 Å². The van der Waals surface area contributed by atoms with E-state index < -0.39 is 0 Å². The molecule has 0 saturated carbocycles. The van der Waals surface area contributed by atoms with Gasteiger partial charge in [-0.15, -0.1) is 11.8 Å². The normalized spacial score (nSPS) is 17.2. The van der Waals surface area contributed by atoms with Crippen molar-refractivity contribution in [2.75, 3.05) is 39.0 Å². The molecule has 1 unspecified atom stereocenters. The quantitative estimate of drug-likeness (QED) is 0.216. The Morgan fingerprint density at radius 2 is 2.11 bits per heavy atom. The average Bonchev–Trinajstić information content (AvgIpc) is 3.17. The van der Waals surface area contributed by atoms with Gasteiger partial charge >= 0.3 is 5.97 Å². The highest BCUT2D eigenvalue weighted by Gasteiger charge is 2.24. The summed E-state index contributed by atoms with van der Waals surface area (Å²) in [6.07, 6.45) is 4.62. The van der Waals surface area contributed by atoms with E-state index in [0.29, 0.717) is 12.3 Å². The van der Waals surface area contributed by atoms with Gasteiger partial charge < -0.3 is 15.0 Å².